The number of methoxy groups -OCH3 is 1. The lowest BCUT2D eigenvalue weighted by Crippen LogP contribution is -2.03. The highest BCUT2D eigenvalue weighted by molar-refractivity contribution is 5.90. The Morgan fingerprint density at radius 1 is 1.38 bits per heavy atom. The molecule has 0 atom stereocenters. The number of esters is 1. The quantitative estimate of drug-likeness (QED) is 0.723. The number of aromatic nitrogens is 3. The fourth-order valence-corrected chi connectivity index (χ4v) is 1.41. The van der Waals surface area contributed by atoms with E-state index in [1.54, 1.807) is 12.1 Å². The molecule has 2 heterocycles. The zero-order valence-electron chi connectivity index (χ0n) is 9.47. The van der Waals surface area contributed by atoms with E-state index >= 15 is 0 Å². The van der Waals surface area contributed by atoms with Gasteiger partial charge >= 0.3 is 5.97 Å². The summed E-state index contributed by atoms with van der Waals surface area (Å²) in [5, 5.41) is 4.34. The van der Waals surface area contributed by atoms with Gasteiger partial charge in [0.25, 0.3) is 0 Å². The summed E-state index contributed by atoms with van der Waals surface area (Å²) in [4.78, 5) is 15.5. The van der Waals surface area contributed by atoms with Gasteiger partial charge in [0.1, 0.15) is 16.7 Å². The lowest BCUT2D eigenvalue weighted by molar-refractivity contribution is 0.0594. The van der Waals surface area contributed by atoms with Crippen molar-refractivity contribution in [2.24, 2.45) is 0 Å². The summed E-state index contributed by atoms with van der Waals surface area (Å²) in [5.41, 5.74) is 1.79. The monoisotopic (exact) mass is 219 g/mol. The number of hydrogen-bond acceptors (Lipinski definition) is 4. The molecule has 0 aromatic carbocycles. The Balaban J connectivity index is 2.49. The van der Waals surface area contributed by atoms with Crippen molar-refractivity contribution in [1.29, 1.82) is 0 Å². The summed E-state index contributed by atoms with van der Waals surface area (Å²) < 4.78 is 6.43. The van der Waals surface area contributed by atoms with Gasteiger partial charge in [-0.3, -0.25) is 4.68 Å². The first-order valence-corrected chi connectivity index (χ1v) is 5.06. The molecule has 2 aromatic rings. The van der Waals surface area contributed by atoms with Crippen LogP contribution in [0.25, 0.3) is 11.0 Å². The smallest absolute Gasteiger partial charge is 0.356 e. The van der Waals surface area contributed by atoms with Crippen LogP contribution in [0.15, 0.2) is 18.3 Å². The third-order valence-electron chi connectivity index (χ3n) is 2.30. The lowest BCUT2D eigenvalue weighted by Gasteiger charge is -2.01. The maximum Gasteiger partial charge on any atom is 0.356 e. The highest BCUT2D eigenvalue weighted by Crippen LogP contribution is 2.14. The number of hydrogen-bond donors (Lipinski definition) is 0. The average molecular weight is 219 g/mol. The van der Waals surface area contributed by atoms with Crippen LogP contribution >= 0.6 is 0 Å². The fraction of sp³-hybridized carbons (Fsp3) is 0.364. The summed E-state index contributed by atoms with van der Waals surface area (Å²) >= 11 is 0. The van der Waals surface area contributed by atoms with E-state index in [1.807, 2.05) is 24.7 Å². The second kappa shape index (κ2) is 3.92. The van der Waals surface area contributed by atoms with E-state index in [0.29, 0.717) is 11.2 Å². The third kappa shape index (κ3) is 1.76. The summed E-state index contributed by atoms with van der Waals surface area (Å²) in [5.74, 6) is -0.431. The van der Waals surface area contributed by atoms with Crippen molar-refractivity contribution in [3.63, 3.8) is 0 Å². The molecule has 2 rings (SSSR count). The summed E-state index contributed by atoms with van der Waals surface area (Å²) in [6.45, 7) is 4.07. The summed E-state index contributed by atoms with van der Waals surface area (Å²) in [7, 11) is 1.34. The van der Waals surface area contributed by atoms with Gasteiger partial charge in [0.05, 0.1) is 13.3 Å². The molecule has 0 aliphatic heterocycles. The number of nitrogens with zero attached hydrogens (tertiary/aromatic N) is 3. The fourth-order valence-electron chi connectivity index (χ4n) is 1.41. The Hall–Kier alpha value is -1.91. The molecule has 0 unspecified atom stereocenters. The Labute approximate surface area is 93.0 Å². The van der Waals surface area contributed by atoms with Crippen LogP contribution in [0.4, 0.5) is 0 Å². The predicted octanol–water partition coefficient (Wildman–Crippen LogP) is 1.80. The van der Waals surface area contributed by atoms with Crippen LogP contribution in [-0.4, -0.2) is 27.8 Å². The van der Waals surface area contributed by atoms with Gasteiger partial charge in [-0.05, 0) is 26.0 Å². The summed E-state index contributed by atoms with van der Waals surface area (Å²) in [6, 6.07) is 3.66. The molecule has 84 valence electrons. The van der Waals surface area contributed by atoms with Gasteiger partial charge in [-0.15, -0.1) is 0 Å². The molecule has 0 saturated carbocycles. The molecule has 0 N–H and O–H groups in total. The Morgan fingerprint density at radius 3 is 2.75 bits per heavy atom. The summed E-state index contributed by atoms with van der Waals surface area (Å²) in [6.07, 6.45) is 1.83. The van der Waals surface area contributed by atoms with E-state index in [-0.39, 0.29) is 6.04 Å². The van der Waals surface area contributed by atoms with Crippen LogP contribution in [-0.2, 0) is 4.74 Å². The van der Waals surface area contributed by atoms with Crippen molar-refractivity contribution in [1.82, 2.24) is 14.8 Å². The molecule has 0 amide bonds. The van der Waals surface area contributed by atoms with Gasteiger partial charge in [-0.1, -0.05) is 0 Å². The number of rotatable bonds is 2. The van der Waals surface area contributed by atoms with Crippen molar-refractivity contribution in [2.75, 3.05) is 7.11 Å². The van der Waals surface area contributed by atoms with Gasteiger partial charge < -0.3 is 4.74 Å². The molecule has 0 radical (unpaired) electrons. The van der Waals surface area contributed by atoms with Crippen molar-refractivity contribution < 1.29 is 9.53 Å². The molecule has 0 fully saturated rings. The SMILES string of the molecule is COC(=O)c1ccc2nn(C(C)C)cc2n1. The van der Waals surface area contributed by atoms with Crippen LogP contribution in [0.1, 0.15) is 30.4 Å². The first kappa shape index (κ1) is 10.6. The molecular weight excluding hydrogens is 206 g/mol. The van der Waals surface area contributed by atoms with E-state index in [0.717, 1.165) is 5.52 Å². The van der Waals surface area contributed by atoms with Crippen LogP contribution in [0.2, 0.25) is 0 Å². The van der Waals surface area contributed by atoms with Crippen molar-refractivity contribution in [3.8, 4) is 0 Å². The Kier molecular flexibility index (Phi) is 2.60. The topological polar surface area (TPSA) is 57.0 Å². The Bertz CT molecular complexity index is 531. The first-order valence-electron chi connectivity index (χ1n) is 5.06. The van der Waals surface area contributed by atoms with Crippen LogP contribution in [0.3, 0.4) is 0 Å². The second-order valence-corrected chi connectivity index (χ2v) is 3.80. The van der Waals surface area contributed by atoms with E-state index in [9.17, 15) is 4.79 Å². The van der Waals surface area contributed by atoms with E-state index in [4.69, 9.17) is 0 Å². The number of ether oxygens (including phenoxy) is 1. The second-order valence-electron chi connectivity index (χ2n) is 3.80. The van der Waals surface area contributed by atoms with Crippen LogP contribution < -0.4 is 0 Å². The van der Waals surface area contributed by atoms with Gasteiger partial charge in [0, 0.05) is 6.04 Å². The number of carbonyl (C=O) groups excluding carboxylic acids is 1. The van der Waals surface area contributed by atoms with Gasteiger partial charge in [-0.2, -0.15) is 5.10 Å². The maximum atomic E-state index is 11.3. The molecule has 0 spiro atoms. The van der Waals surface area contributed by atoms with Gasteiger partial charge in [0.15, 0.2) is 0 Å². The molecular formula is C11H13N3O2. The highest BCUT2D eigenvalue weighted by atomic mass is 16.5. The largest absolute Gasteiger partial charge is 0.464 e. The van der Waals surface area contributed by atoms with E-state index in [1.165, 1.54) is 7.11 Å². The molecule has 16 heavy (non-hydrogen) atoms. The van der Waals surface area contributed by atoms with Crippen molar-refractivity contribution in [3.05, 3.63) is 24.0 Å². The van der Waals surface area contributed by atoms with E-state index < -0.39 is 5.97 Å². The number of fused-ring (bicyclic) bond motifs is 1. The molecule has 2 aromatic heterocycles. The highest BCUT2D eigenvalue weighted by Gasteiger charge is 2.10. The van der Waals surface area contributed by atoms with Gasteiger partial charge in [0.2, 0.25) is 0 Å². The van der Waals surface area contributed by atoms with Crippen molar-refractivity contribution in [2.45, 2.75) is 19.9 Å². The number of pyridine rings is 1. The van der Waals surface area contributed by atoms with Crippen LogP contribution in [0, 0.1) is 0 Å². The van der Waals surface area contributed by atoms with Gasteiger partial charge in [-0.25, -0.2) is 9.78 Å². The van der Waals surface area contributed by atoms with Crippen molar-refractivity contribution >= 4 is 17.0 Å². The van der Waals surface area contributed by atoms with E-state index in [2.05, 4.69) is 14.8 Å². The average Bonchev–Trinajstić information content (AvgIpc) is 2.70. The molecule has 0 aliphatic rings. The minimum Gasteiger partial charge on any atom is -0.464 e. The minimum absolute atomic E-state index is 0.274. The normalized spacial score (nSPS) is 11.0. The molecule has 0 bridgehead atoms. The maximum absolute atomic E-state index is 11.3. The third-order valence-corrected chi connectivity index (χ3v) is 2.30. The first-order chi connectivity index (χ1) is 7.61. The molecule has 5 heteroatoms. The lowest BCUT2D eigenvalue weighted by atomic mass is 10.3. The molecule has 0 aliphatic carbocycles. The zero-order chi connectivity index (χ0) is 11.7. The number of carbonyl (C=O) groups is 1. The Morgan fingerprint density at radius 2 is 2.12 bits per heavy atom. The standard InChI is InChI=1S/C11H13N3O2/c1-7(2)14-6-10-8(13-14)4-5-9(12-10)11(15)16-3/h4-7H,1-3H3. The molecule has 0 saturated heterocycles. The molecule has 5 nitrogen and oxygen atoms in total. The zero-order valence-corrected chi connectivity index (χ0v) is 9.47. The predicted molar refractivity (Wildman–Crippen MR) is 59.3 cm³/mol. The van der Waals surface area contributed by atoms with Crippen LogP contribution in [0.5, 0.6) is 0 Å². The minimum atomic E-state index is -0.431.